The fourth-order valence-corrected chi connectivity index (χ4v) is 2.50. The number of aliphatic imine (C=N–C) groups is 2. The van der Waals surface area contributed by atoms with E-state index in [1.54, 1.807) is 18.7 Å². The van der Waals surface area contributed by atoms with E-state index >= 15 is 0 Å². The minimum absolute atomic E-state index is 0.0426. The van der Waals surface area contributed by atoms with Gasteiger partial charge in [0.2, 0.25) is 5.91 Å². The lowest BCUT2D eigenvalue weighted by Crippen LogP contribution is -2.27. The van der Waals surface area contributed by atoms with Gasteiger partial charge in [0.15, 0.2) is 0 Å². The summed E-state index contributed by atoms with van der Waals surface area (Å²) in [7, 11) is 1.59. The average molecular weight is 345 g/mol. The topological polar surface area (TPSA) is 97.9 Å². The van der Waals surface area contributed by atoms with E-state index in [2.05, 4.69) is 27.0 Å². The molecule has 0 saturated carbocycles. The van der Waals surface area contributed by atoms with Crippen molar-refractivity contribution in [3.8, 4) is 0 Å². The molecule has 0 saturated heterocycles. The number of nitrogens with zero attached hydrogens (tertiary/aromatic N) is 4. The lowest BCUT2D eigenvalue weighted by atomic mass is 10.1. The lowest BCUT2D eigenvalue weighted by Gasteiger charge is -2.11. The maximum atomic E-state index is 11.9. The third-order valence-corrected chi connectivity index (χ3v) is 4.03. The Balaban J connectivity index is 2.14. The molecular formula is C17H23N5O3. The predicted molar refractivity (Wildman–Crippen MR) is 95.0 cm³/mol. The first-order valence-electron chi connectivity index (χ1n) is 8.03. The first kappa shape index (κ1) is 18.7. The molecule has 0 atom stereocenters. The fraction of sp³-hybridized carbons (Fsp3) is 0.471. The maximum absolute atomic E-state index is 11.9. The van der Waals surface area contributed by atoms with Crippen molar-refractivity contribution in [1.82, 2.24) is 15.1 Å². The Morgan fingerprint density at radius 3 is 2.64 bits per heavy atom. The molecule has 0 spiro atoms. The molecule has 1 N–H and O–H groups in total. The number of nitrogens with one attached hydrogen (secondary N) is 1. The highest BCUT2D eigenvalue weighted by atomic mass is 16.5. The largest absolute Gasteiger partial charge is 0.383 e. The first-order chi connectivity index (χ1) is 11.8. The number of carbonyl (C=O) groups excluding carboxylic acids is 2. The minimum atomic E-state index is -0.408. The molecule has 2 heterocycles. The van der Waals surface area contributed by atoms with Crippen molar-refractivity contribution in [3.63, 3.8) is 0 Å². The predicted octanol–water partition coefficient (Wildman–Crippen LogP) is 0.957. The smallest absolute Gasteiger partial charge is 0.281 e. The summed E-state index contributed by atoms with van der Waals surface area (Å²) in [5.41, 5.74) is 3.38. The molecule has 2 amide bonds. The van der Waals surface area contributed by atoms with Gasteiger partial charge in [0.25, 0.3) is 11.9 Å². The van der Waals surface area contributed by atoms with E-state index in [-0.39, 0.29) is 11.9 Å². The Bertz CT molecular complexity index is 773. The zero-order valence-corrected chi connectivity index (χ0v) is 15.0. The van der Waals surface area contributed by atoms with Crippen molar-refractivity contribution >= 4 is 23.5 Å². The van der Waals surface area contributed by atoms with Crippen LogP contribution in [0.1, 0.15) is 30.3 Å². The summed E-state index contributed by atoms with van der Waals surface area (Å²) < 4.78 is 6.44. The van der Waals surface area contributed by atoms with Crippen LogP contribution in [0.25, 0.3) is 0 Å². The number of carbonyl (C=O) groups is 2. The monoisotopic (exact) mass is 345 g/mol. The molecule has 1 aliphatic heterocycles. The van der Waals surface area contributed by atoms with E-state index in [0.29, 0.717) is 37.3 Å². The molecule has 0 aliphatic carbocycles. The number of hydrogen-bond donors (Lipinski definition) is 1. The summed E-state index contributed by atoms with van der Waals surface area (Å²) in [6.45, 7) is 10.1. The molecule has 8 heteroatoms. The van der Waals surface area contributed by atoms with Crippen molar-refractivity contribution in [3.05, 3.63) is 29.1 Å². The van der Waals surface area contributed by atoms with Crippen molar-refractivity contribution in [2.45, 2.75) is 33.6 Å². The maximum Gasteiger partial charge on any atom is 0.281 e. The highest BCUT2D eigenvalue weighted by Crippen LogP contribution is 2.17. The van der Waals surface area contributed by atoms with Crippen LogP contribution in [0.15, 0.2) is 22.1 Å². The zero-order chi connectivity index (χ0) is 18.6. The van der Waals surface area contributed by atoms with E-state index in [9.17, 15) is 9.59 Å². The second-order valence-corrected chi connectivity index (χ2v) is 5.80. The third kappa shape index (κ3) is 4.27. The van der Waals surface area contributed by atoms with Gasteiger partial charge in [-0.05, 0) is 32.8 Å². The summed E-state index contributed by atoms with van der Waals surface area (Å²) in [6.07, 6.45) is 0.898. The fourth-order valence-electron chi connectivity index (χ4n) is 2.50. The van der Waals surface area contributed by atoms with E-state index in [0.717, 1.165) is 17.0 Å². The average Bonchev–Trinajstić information content (AvgIpc) is 2.85. The van der Waals surface area contributed by atoms with E-state index in [1.807, 2.05) is 13.8 Å². The van der Waals surface area contributed by atoms with E-state index in [1.165, 1.54) is 0 Å². The molecule has 0 aromatic carbocycles. The van der Waals surface area contributed by atoms with Crippen LogP contribution in [0, 0.1) is 13.8 Å². The van der Waals surface area contributed by atoms with Crippen LogP contribution < -0.4 is 5.32 Å². The van der Waals surface area contributed by atoms with Crippen molar-refractivity contribution in [1.29, 1.82) is 0 Å². The molecule has 0 radical (unpaired) electrons. The molecule has 134 valence electrons. The van der Waals surface area contributed by atoms with Crippen LogP contribution in [0.3, 0.4) is 0 Å². The van der Waals surface area contributed by atoms with Gasteiger partial charge in [-0.15, -0.1) is 0 Å². The summed E-state index contributed by atoms with van der Waals surface area (Å²) in [4.78, 5) is 32.0. The van der Waals surface area contributed by atoms with Gasteiger partial charge in [-0.25, -0.2) is 9.67 Å². The second kappa shape index (κ2) is 7.98. The third-order valence-electron chi connectivity index (χ3n) is 4.03. The lowest BCUT2D eigenvalue weighted by molar-refractivity contribution is -0.121. The van der Waals surface area contributed by atoms with Gasteiger partial charge in [0, 0.05) is 25.8 Å². The van der Waals surface area contributed by atoms with E-state index in [4.69, 9.17) is 4.74 Å². The summed E-state index contributed by atoms with van der Waals surface area (Å²) in [5, 5.41) is 7.21. The number of aromatic nitrogens is 2. The van der Waals surface area contributed by atoms with Crippen LogP contribution in [-0.4, -0.2) is 53.5 Å². The first-order valence-corrected chi connectivity index (χ1v) is 8.03. The van der Waals surface area contributed by atoms with Crippen molar-refractivity contribution < 1.29 is 14.3 Å². The summed E-state index contributed by atoms with van der Waals surface area (Å²) >= 11 is 0. The number of methoxy groups -OCH3 is 1. The van der Waals surface area contributed by atoms with Crippen LogP contribution >= 0.6 is 0 Å². The van der Waals surface area contributed by atoms with Gasteiger partial charge < -0.3 is 10.1 Å². The minimum Gasteiger partial charge on any atom is -0.383 e. The Kier molecular flexibility index (Phi) is 5.97. The van der Waals surface area contributed by atoms with Gasteiger partial charge in [0.1, 0.15) is 0 Å². The Morgan fingerprint density at radius 1 is 1.28 bits per heavy atom. The quantitative estimate of drug-likeness (QED) is 0.613. The van der Waals surface area contributed by atoms with Crippen molar-refractivity contribution in [2.75, 3.05) is 20.3 Å². The highest BCUT2D eigenvalue weighted by molar-refractivity contribution is 6.27. The number of amides is 2. The van der Waals surface area contributed by atoms with E-state index < -0.39 is 5.91 Å². The Labute approximate surface area is 146 Å². The number of hydrogen-bond acceptors (Lipinski definition) is 5. The SMILES string of the molecule is C=C1C(=O)N=C(n2nc(C)c(CCC(=O)NCCOC)c2C)N=C1C. The molecule has 0 unspecified atom stereocenters. The molecule has 2 rings (SSSR count). The molecule has 8 nitrogen and oxygen atoms in total. The number of ether oxygens (including phenoxy) is 1. The van der Waals surface area contributed by atoms with Gasteiger partial charge in [0.05, 0.1) is 23.6 Å². The molecular weight excluding hydrogens is 322 g/mol. The van der Waals surface area contributed by atoms with Gasteiger partial charge in [-0.2, -0.15) is 10.1 Å². The normalized spacial score (nSPS) is 14.4. The highest BCUT2D eigenvalue weighted by Gasteiger charge is 2.22. The zero-order valence-electron chi connectivity index (χ0n) is 15.0. The summed E-state index contributed by atoms with van der Waals surface area (Å²) in [5.74, 6) is -0.223. The van der Waals surface area contributed by atoms with Crippen LogP contribution in [0.4, 0.5) is 0 Å². The molecule has 1 aromatic rings. The molecule has 1 aliphatic rings. The molecule has 0 bridgehead atoms. The van der Waals surface area contributed by atoms with Crippen LogP contribution in [-0.2, 0) is 20.7 Å². The Hall–Kier alpha value is -2.61. The molecule has 0 fully saturated rings. The number of aryl methyl sites for hydroxylation is 1. The molecule has 1 aromatic heterocycles. The summed E-state index contributed by atoms with van der Waals surface area (Å²) in [6, 6.07) is 0. The second-order valence-electron chi connectivity index (χ2n) is 5.80. The Morgan fingerprint density at radius 2 is 2.00 bits per heavy atom. The van der Waals surface area contributed by atoms with Crippen LogP contribution in [0.2, 0.25) is 0 Å². The van der Waals surface area contributed by atoms with Gasteiger partial charge in [-0.1, -0.05) is 6.58 Å². The van der Waals surface area contributed by atoms with Crippen molar-refractivity contribution in [2.24, 2.45) is 9.98 Å². The van der Waals surface area contributed by atoms with Gasteiger partial charge >= 0.3 is 0 Å². The molecule has 25 heavy (non-hydrogen) atoms. The van der Waals surface area contributed by atoms with Gasteiger partial charge in [-0.3, -0.25) is 9.59 Å². The standard InChI is InChI=1S/C17H23N5O3/c1-10-11(2)19-17(20-16(10)24)22-13(4)14(12(3)21-22)6-7-15(23)18-8-9-25-5/h1,6-9H2,2-5H3,(H,18,23). The van der Waals surface area contributed by atoms with Crippen LogP contribution in [0.5, 0.6) is 0 Å². The number of rotatable bonds is 6.